The molecule has 3 rings (SSSR count). The average molecular weight is 397 g/mol. The number of amides is 3. The van der Waals surface area contributed by atoms with Crippen LogP contribution in [-0.2, 0) is 16.1 Å². The largest absolute Gasteiger partial charge is 0.354 e. The number of fused-ring (bicyclic) bond motifs is 1. The number of rotatable bonds is 8. The van der Waals surface area contributed by atoms with Crippen molar-refractivity contribution in [2.45, 2.75) is 39.3 Å². The fraction of sp³-hybridized carbons (Fsp3) is 0.429. The van der Waals surface area contributed by atoms with Gasteiger partial charge in [-0.2, -0.15) is 0 Å². The van der Waals surface area contributed by atoms with Crippen LogP contribution in [0.3, 0.4) is 0 Å². The van der Waals surface area contributed by atoms with Gasteiger partial charge in [0.05, 0.1) is 17.6 Å². The number of imidazole rings is 1. The van der Waals surface area contributed by atoms with Crippen LogP contribution in [0.2, 0.25) is 0 Å². The van der Waals surface area contributed by atoms with E-state index in [0.717, 1.165) is 13.0 Å². The van der Waals surface area contributed by atoms with E-state index in [9.17, 15) is 14.4 Å². The van der Waals surface area contributed by atoms with Crippen LogP contribution in [0.25, 0.3) is 0 Å². The molecular weight excluding hydrogens is 370 g/mol. The lowest BCUT2D eigenvalue weighted by atomic mass is 10.0. The molecule has 1 atom stereocenters. The van der Waals surface area contributed by atoms with Crippen LogP contribution in [0.15, 0.2) is 43.0 Å². The number of hydrogen-bond donors (Lipinski definition) is 2. The van der Waals surface area contributed by atoms with Crippen LogP contribution < -0.4 is 15.5 Å². The third kappa shape index (κ3) is 5.22. The minimum absolute atomic E-state index is 0.121. The highest BCUT2D eigenvalue weighted by atomic mass is 16.2. The van der Waals surface area contributed by atoms with Crippen LogP contribution in [0.1, 0.15) is 37.0 Å². The second-order valence-corrected chi connectivity index (χ2v) is 7.60. The Hall–Kier alpha value is -3.16. The highest BCUT2D eigenvalue weighted by Gasteiger charge is 2.34. The molecule has 2 heterocycles. The maximum absolute atomic E-state index is 13.1. The van der Waals surface area contributed by atoms with Crippen molar-refractivity contribution in [2.75, 3.05) is 18.0 Å². The molecule has 2 N–H and O–H groups in total. The van der Waals surface area contributed by atoms with Gasteiger partial charge in [0.2, 0.25) is 11.8 Å². The van der Waals surface area contributed by atoms with E-state index in [1.807, 2.05) is 24.6 Å². The zero-order valence-corrected chi connectivity index (χ0v) is 16.8. The number of hydrogen-bond acceptors (Lipinski definition) is 4. The Kier molecular flexibility index (Phi) is 6.64. The summed E-state index contributed by atoms with van der Waals surface area (Å²) in [6.07, 6.45) is 6.58. The molecule has 0 aliphatic carbocycles. The Bertz CT molecular complexity index is 863. The summed E-state index contributed by atoms with van der Waals surface area (Å²) in [4.78, 5) is 43.7. The average Bonchev–Trinajstić information content (AvgIpc) is 3.18. The molecule has 8 heteroatoms. The Morgan fingerprint density at radius 3 is 2.79 bits per heavy atom. The maximum Gasteiger partial charge on any atom is 0.254 e. The summed E-state index contributed by atoms with van der Waals surface area (Å²) in [6, 6.07) is 6.24. The molecule has 1 aromatic carbocycles. The van der Waals surface area contributed by atoms with E-state index >= 15 is 0 Å². The van der Waals surface area contributed by atoms with Gasteiger partial charge in [0.1, 0.15) is 12.6 Å². The molecule has 0 spiro atoms. The van der Waals surface area contributed by atoms with E-state index in [1.54, 1.807) is 36.8 Å². The summed E-state index contributed by atoms with van der Waals surface area (Å²) >= 11 is 0. The summed E-state index contributed by atoms with van der Waals surface area (Å²) in [5, 5.41) is 5.68. The highest BCUT2D eigenvalue weighted by molar-refractivity contribution is 6.12. The van der Waals surface area contributed by atoms with Gasteiger partial charge in [-0.05, 0) is 30.9 Å². The van der Waals surface area contributed by atoms with Gasteiger partial charge in [0, 0.05) is 25.5 Å². The molecule has 0 saturated carbocycles. The van der Waals surface area contributed by atoms with E-state index in [2.05, 4.69) is 15.6 Å². The molecule has 1 aromatic heterocycles. The quantitative estimate of drug-likeness (QED) is 0.661. The van der Waals surface area contributed by atoms with E-state index < -0.39 is 6.04 Å². The van der Waals surface area contributed by atoms with Crippen molar-refractivity contribution in [2.24, 2.45) is 5.92 Å². The molecule has 8 nitrogen and oxygen atoms in total. The van der Waals surface area contributed by atoms with E-state index in [-0.39, 0.29) is 30.2 Å². The van der Waals surface area contributed by atoms with Crippen LogP contribution >= 0.6 is 0 Å². The fourth-order valence-electron chi connectivity index (χ4n) is 3.41. The fourth-order valence-corrected chi connectivity index (χ4v) is 3.41. The Balaban J connectivity index is 1.68. The van der Waals surface area contributed by atoms with Crippen molar-refractivity contribution in [3.63, 3.8) is 0 Å². The first-order chi connectivity index (χ1) is 14.0. The number of benzene rings is 1. The predicted molar refractivity (Wildman–Crippen MR) is 109 cm³/mol. The number of aromatic nitrogens is 2. The number of nitrogens with zero attached hydrogens (tertiary/aromatic N) is 3. The Morgan fingerprint density at radius 2 is 2.07 bits per heavy atom. The van der Waals surface area contributed by atoms with Crippen molar-refractivity contribution in [3.05, 3.63) is 48.5 Å². The first kappa shape index (κ1) is 20.6. The Labute approximate surface area is 170 Å². The summed E-state index contributed by atoms with van der Waals surface area (Å²) in [5.41, 5.74) is 0.870. The number of carbonyl (C=O) groups excluding carboxylic acids is 3. The topological polar surface area (TPSA) is 96.3 Å². The van der Waals surface area contributed by atoms with Crippen LogP contribution in [-0.4, -0.2) is 46.4 Å². The normalized spacial score (nSPS) is 16.4. The van der Waals surface area contributed by atoms with E-state index in [4.69, 9.17) is 0 Å². The number of aryl methyl sites for hydroxylation is 1. The molecular formula is C21H27N5O3. The summed E-state index contributed by atoms with van der Waals surface area (Å²) in [6.45, 7) is 5.11. The minimum atomic E-state index is -0.649. The SMILES string of the molecule is CC(C)CC1NC(=O)c2ccccc2N(CC(=O)NCCCn2ccnc2)C1=O. The molecule has 29 heavy (non-hydrogen) atoms. The lowest BCUT2D eigenvalue weighted by molar-refractivity contribution is -0.124. The van der Waals surface area contributed by atoms with Crippen LogP contribution in [0.5, 0.6) is 0 Å². The van der Waals surface area contributed by atoms with Crippen molar-refractivity contribution in [1.82, 2.24) is 20.2 Å². The third-order valence-electron chi connectivity index (χ3n) is 4.79. The smallest absolute Gasteiger partial charge is 0.254 e. The molecule has 0 fully saturated rings. The zero-order chi connectivity index (χ0) is 20.8. The van der Waals surface area contributed by atoms with Crippen LogP contribution in [0.4, 0.5) is 5.69 Å². The van der Waals surface area contributed by atoms with E-state index in [0.29, 0.717) is 24.2 Å². The molecule has 2 aromatic rings. The molecule has 3 amide bonds. The first-order valence-electron chi connectivity index (χ1n) is 9.89. The molecule has 0 bridgehead atoms. The van der Waals surface area contributed by atoms with Gasteiger partial charge in [-0.15, -0.1) is 0 Å². The Morgan fingerprint density at radius 1 is 1.28 bits per heavy atom. The summed E-state index contributed by atoms with van der Waals surface area (Å²) in [7, 11) is 0. The summed E-state index contributed by atoms with van der Waals surface area (Å²) in [5.74, 6) is -0.575. The van der Waals surface area contributed by atoms with Gasteiger partial charge >= 0.3 is 0 Å². The second-order valence-electron chi connectivity index (χ2n) is 7.60. The van der Waals surface area contributed by atoms with E-state index in [1.165, 1.54) is 4.90 Å². The number of para-hydroxylation sites is 1. The second kappa shape index (κ2) is 9.36. The molecule has 1 aliphatic heterocycles. The van der Waals surface area contributed by atoms with Gasteiger partial charge in [-0.3, -0.25) is 14.4 Å². The molecule has 1 aliphatic rings. The molecule has 0 radical (unpaired) electrons. The number of carbonyl (C=O) groups is 3. The molecule has 1 unspecified atom stereocenters. The minimum Gasteiger partial charge on any atom is -0.354 e. The third-order valence-corrected chi connectivity index (χ3v) is 4.79. The van der Waals surface area contributed by atoms with Crippen molar-refractivity contribution < 1.29 is 14.4 Å². The maximum atomic E-state index is 13.1. The first-order valence-corrected chi connectivity index (χ1v) is 9.89. The number of anilines is 1. The van der Waals surface area contributed by atoms with Gasteiger partial charge in [-0.25, -0.2) is 4.98 Å². The van der Waals surface area contributed by atoms with Gasteiger partial charge in [-0.1, -0.05) is 26.0 Å². The van der Waals surface area contributed by atoms with Crippen molar-refractivity contribution in [3.8, 4) is 0 Å². The lowest BCUT2D eigenvalue weighted by Crippen LogP contribution is -2.49. The predicted octanol–water partition coefficient (Wildman–Crippen LogP) is 1.58. The van der Waals surface area contributed by atoms with Crippen LogP contribution in [0, 0.1) is 5.92 Å². The standard InChI is InChI=1S/C21H27N5O3/c1-15(2)12-17-21(29)26(18-7-4-3-6-16(18)20(28)24-17)13-19(27)23-8-5-10-25-11-9-22-14-25/h3-4,6-7,9,11,14-15,17H,5,8,10,12-13H2,1-2H3,(H,23,27)(H,24,28). The van der Waals surface area contributed by atoms with Gasteiger partial charge in [0.15, 0.2) is 0 Å². The van der Waals surface area contributed by atoms with Crippen molar-refractivity contribution >= 4 is 23.4 Å². The molecule has 0 saturated heterocycles. The zero-order valence-electron chi connectivity index (χ0n) is 16.8. The van der Waals surface area contributed by atoms with Crippen molar-refractivity contribution in [1.29, 1.82) is 0 Å². The molecule has 154 valence electrons. The monoisotopic (exact) mass is 397 g/mol. The summed E-state index contributed by atoms with van der Waals surface area (Å²) < 4.78 is 1.94. The lowest BCUT2D eigenvalue weighted by Gasteiger charge is -2.25. The number of nitrogens with one attached hydrogen (secondary N) is 2. The van der Waals surface area contributed by atoms with Gasteiger partial charge < -0.3 is 20.1 Å². The highest BCUT2D eigenvalue weighted by Crippen LogP contribution is 2.25. The van der Waals surface area contributed by atoms with Gasteiger partial charge in [0.25, 0.3) is 5.91 Å².